The van der Waals surface area contributed by atoms with Crippen molar-refractivity contribution in [1.29, 1.82) is 0 Å². The molecule has 204 valence electrons. The molecule has 0 atom stereocenters. The number of methoxy groups -OCH3 is 1. The van der Waals surface area contributed by atoms with Crippen LogP contribution < -0.4 is 14.4 Å². The molecule has 1 amide bonds. The van der Waals surface area contributed by atoms with Gasteiger partial charge in [-0.2, -0.15) is 0 Å². The predicted octanol–water partition coefficient (Wildman–Crippen LogP) is 4.85. The lowest BCUT2D eigenvalue weighted by atomic mass is 10.2. The van der Waals surface area contributed by atoms with Crippen molar-refractivity contribution in [2.45, 2.75) is 23.9 Å². The number of carbonyl (C=O) groups is 1. The number of aromatic nitrogens is 3. The Morgan fingerprint density at radius 3 is 2.59 bits per heavy atom. The van der Waals surface area contributed by atoms with Gasteiger partial charge in [0.15, 0.2) is 5.82 Å². The summed E-state index contributed by atoms with van der Waals surface area (Å²) in [4.78, 5) is 17.4. The molecular formula is C27H28ClN5O4S2. The quantitative estimate of drug-likeness (QED) is 0.191. The number of hydrogen-bond acceptors (Lipinski definition) is 7. The number of aromatic amines is 1. The first-order valence-electron chi connectivity index (χ1n) is 12.0. The summed E-state index contributed by atoms with van der Waals surface area (Å²) in [7, 11) is -2.78. The van der Waals surface area contributed by atoms with Gasteiger partial charge < -0.3 is 10.1 Å². The Morgan fingerprint density at radius 2 is 1.87 bits per heavy atom. The number of hydrogen-bond donors (Lipinski definition) is 2. The SMILES string of the molecule is COc1ccc(C)cc1S(=O)(=O)N(CC(=O)NCCSc1n[nH]c(-c2ccccc2)n1)c1ccc(C)c(Cl)c1. The molecule has 2 N–H and O–H groups in total. The Bertz CT molecular complexity index is 1560. The second kappa shape index (κ2) is 12.5. The second-order valence-corrected chi connectivity index (χ2v) is 11.9. The van der Waals surface area contributed by atoms with Crippen molar-refractivity contribution in [2.75, 3.05) is 30.3 Å². The zero-order valence-corrected chi connectivity index (χ0v) is 24.0. The minimum absolute atomic E-state index is 0.0381. The molecular weight excluding hydrogens is 558 g/mol. The lowest BCUT2D eigenvalue weighted by Crippen LogP contribution is -2.41. The molecule has 4 aromatic rings. The standard InChI is InChI=1S/C27H28ClN5O4S2/c1-18-9-12-23(37-3)24(15-18)39(35,36)33(21-11-10-19(2)22(28)16-21)17-25(34)29-13-14-38-27-30-26(31-32-27)20-7-5-4-6-8-20/h4-12,15-16H,13-14,17H2,1-3H3,(H,29,34)(H,30,31,32). The minimum Gasteiger partial charge on any atom is -0.495 e. The Balaban J connectivity index is 1.46. The Hall–Kier alpha value is -3.54. The van der Waals surface area contributed by atoms with Gasteiger partial charge in [0.1, 0.15) is 17.2 Å². The second-order valence-electron chi connectivity index (χ2n) is 8.63. The zero-order chi connectivity index (χ0) is 28.0. The highest BCUT2D eigenvalue weighted by atomic mass is 35.5. The van der Waals surface area contributed by atoms with Crippen LogP contribution in [0.5, 0.6) is 5.75 Å². The monoisotopic (exact) mass is 585 g/mol. The van der Waals surface area contributed by atoms with Crippen molar-refractivity contribution in [3.05, 3.63) is 82.9 Å². The highest BCUT2D eigenvalue weighted by molar-refractivity contribution is 7.99. The molecule has 1 aromatic heterocycles. The highest BCUT2D eigenvalue weighted by Gasteiger charge is 2.30. The van der Waals surface area contributed by atoms with Crippen LogP contribution in [0.25, 0.3) is 11.4 Å². The van der Waals surface area contributed by atoms with Crippen molar-refractivity contribution in [2.24, 2.45) is 0 Å². The van der Waals surface area contributed by atoms with Crippen LogP contribution in [0.2, 0.25) is 5.02 Å². The van der Waals surface area contributed by atoms with Crippen LogP contribution >= 0.6 is 23.4 Å². The molecule has 3 aromatic carbocycles. The van der Waals surface area contributed by atoms with E-state index in [0.29, 0.717) is 21.8 Å². The molecule has 12 heteroatoms. The van der Waals surface area contributed by atoms with Gasteiger partial charge in [0, 0.05) is 22.9 Å². The lowest BCUT2D eigenvalue weighted by Gasteiger charge is -2.25. The van der Waals surface area contributed by atoms with E-state index in [4.69, 9.17) is 16.3 Å². The lowest BCUT2D eigenvalue weighted by molar-refractivity contribution is -0.119. The molecule has 4 rings (SSSR count). The number of halogens is 1. The molecule has 0 fully saturated rings. The van der Waals surface area contributed by atoms with Crippen LogP contribution in [0.3, 0.4) is 0 Å². The molecule has 0 spiro atoms. The van der Waals surface area contributed by atoms with Gasteiger partial charge in [-0.1, -0.05) is 65.8 Å². The number of nitrogens with one attached hydrogen (secondary N) is 2. The molecule has 1 heterocycles. The maximum absolute atomic E-state index is 13.8. The van der Waals surface area contributed by atoms with Crippen LogP contribution in [0.15, 0.2) is 76.8 Å². The number of aryl methyl sites for hydroxylation is 2. The van der Waals surface area contributed by atoms with E-state index < -0.39 is 22.5 Å². The van der Waals surface area contributed by atoms with E-state index in [2.05, 4.69) is 20.5 Å². The molecule has 9 nitrogen and oxygen atoms in total. The first-order valence-corrected chi connectivity index (χ1v) is 14.8. The molecule has 0 radical (unpaired) electrons. The highest BCUT2D eigenvalue weighted by Crippen LogP contribution is 2.32. The fraction of sp³-hybridized carbons (Fsp3) is 0.222. The summed E-state index contributed by atoms with van der Waals surface area (Å²) in [5.41, 5.74) is 2.72. The van der Waals surface area contributed by atoms with Gasteiger partial charge in [-0.3, -0.25) is 14.2 Å². The number of benzene rings is 3. The van der Waals surface area contributed by atoms with Gasteiger partial charge in [-0.25, -0.2) is 13.4 Å². The van der Waals surface area contributed by atoms with Crippen molar-refractivity contribution < 1.29 is 17.9 Å². The average molecular weight is 586 g/mol. The molecule has 0 aliphatic heterocycles. The van der Waals surface area contributed by atoms with Crippen LogP contribution in [0, 0.1) is 13.8 Å². The fourth-order valence-corrected chi connectivity index (χ4v) is 6.20. The van der Waals surface area contributed by atoms with E-state index in [1.807, 2.05) is 37.3 Å². The van der Waals surface area contributed by atoms with Crippen LogP contribution in [0.4, 0.5) is 5.69 Å². The molecule has 39 heavy (non-hydrogen) atoms. The van der Waals surface area contributed by atoms with E-state index in [0.717, 1.165) is 21.0 Å². The molecule has 0 aliphatic rings. The first-order chi connectivity index (χ1) is 18.7. The fourth-order valence-electron chi connectivity index (χ4n) is 3.71. The van der Waals surface area contributed by atoms with E-state index in [1.165, 1.54) is 31.0 Å². The number of H-pyrrole nitrogens is 1. The average Bonchev–Trinajstić information content (AvgIpc) is 3.41. The van der Waals surface area contributed by atoms with E-state index in [9.17, 15) is 13.2 Å². The van der Waals surface area contributed by atoms with Crippen LogP contribution in [-0.4, -0.2) is 55.5 Å². The van der Waals surface area contributed by atoms with Crippen molar-refractivity contribution in [3.63, 3.8) is 0 Å². The summed E-state index contributed by atoms with van der Waals surface area (Å²) in [5, 5.41) is 10.8. The van der Waals surface area contributed by atoms with Crippen LogP contribution in [-0.2, 0) is 14.8 Å². The van der Waals surface area contributed by atoms with E-state index in [1.54, 1.807) is 31.2 Å². The van der Waals surface area contributed by atoms with Crippen molar-refractivity contribution >= 4 is 45.0 Å². The summed E-state index contributed by atoms with van der Waals surface area (Å²) >= 11 is 7.68. The number of anilines is 1. The minimum atomic E-state index is -4.18. The summed E-state index contributed by atoms with van der Waals surface area (Å²) < 4.78 is 34.0. The number of thioether (sulfide) groups is 1. The van der Waals surface area contributed by atoms with Gasteiger partial charge in [0.2, 0.25) is 11.1 Å². The van der Waals surface area contributed by atoms with Gasteiger partial charge in [-0.15, -0.1) is 5.10 Å². The first kappa shape index (κ1) is 28.5. The smallest absolute Gasteiger partial charge is 0.268 e. The van der Waals surface area contributed by atoms with Gasteiger partial charge in [0.05, 0.1) is 12.8 Å². The Morgan fingerprint density at radius 1 is 1.10 bits per heavy atom. The van der Waals surface area contributed by atoms with Gasteiger partial charge >= 0.3 is 0 Å². The summed E-state index contributed by atoms with van der Waals surface area (Å²) in [6.07, 6.45) is 0. The van der Waals surface area contributed by atoms with E-state index >= 15 is 0 Å². The van der Waals surface area contributed by atoms with Gasteiger partial charge in [-0.05, 0) is 49.2 Å². The summed E-state index contributed by atoms with van der Waals surface area (Å²) in [6.45, 7) is 3.44. The molecule has 0 unspecified atom stereocenters. The van der Waals surface area contributed by atoms with E-state index in [-0.39, 0.29) is 22.9 Å². The maximum Gasteiger partial charge on any atom is 0.268 e. The summed E-state index contributed by atoms with van der Waals surface area (Å²) in [5.74, 6) is 0.864. The normalized spacial score (nSPS) is 11.3. The molecule has 0 saturated heterocycles. The van der Waals surface area contributed by atoms with Gasteiger partial charge in [0.25, 0.3) is 10.0 Å². The maximum atomic E-state index is 13.8. The Kier molecular flexibility index (Phi) is 9.16. The third-order valence-electron chi connectivity index (χ3n) is 5.79. The third-order valence-corrected chi connectivity index (χ3v) is 8.84. The summed E-state index contributed by atoms with van der Waals surface area (Å²) in [6, 6.07) is 19.4. The number of sulfonamides is 1. The number of amides is 1. The number of carbonyl (C=O) groups excluding carboxylic acids is 1. The Labute approximate surface area is 237 Å². The molecule has 0 saturated carbocycles. The topological polar surface area (TPSA) is 117 Å². The zero-order valence-electron chi connectivity index (χ0n) is 21.6. The largest absolute Gasteiger partial charge is 0.495 e. The molecule has 0 aliphatic carbocycles. The number of ether oxygens (including phenoxy) is 1. The van der Waals surface area contributed by atoms with Crippen LogP contribution in [0.1, 0.15) is 11.1 Å². The molecule has 0 bridgehead atoms. The predicted molar refractivity (Wildman–Crippen MR) is 154 cm³/mol. The number of rotatable bonds is 11. The third kappa shape index (κ3) is 6.92. The number of nitrogens with zero attached hydrogens (tertiary/aromatic N) is 3. The van der Waals surface area contributed by atoms with Crippen molar-refractivity contribution in [1.82, 2.24) is 20.5 Å². The van der Waals surface area contributed by atoms with Crippen molar-refractivity contribution in [3.8, 4) is 17.1 Å².